The number of alkyl halides is 1. The van der Waals surface area contributed by atoms with Crippen molar-refractivity contribution in [3.63, 3.8) is 0 Å². The van der Waals surface area contributed by atoms with Crippen molar-refractivity contribution in [2.45, 2.75) is 165 Å². The lowest BCUT2D eigenvalue weighted by atomic mass is 9.77. The molecule has 0 radical (unpaired) electrons. The topological polar surface area (TPSA) is 158 Å². The number of methoxy groups -OCH3 is 5. The summed E-state index contributed by atoms with van der Waals surface area (Å²) in [4.78, 5) is 37.9. The predicted octanol–water partition coefficient (Wildman–Crippen LogP) is 14.0. The minimum absolute atomic E-state index is 0.0891. The molecule has 1 aromatic carbocycles. The summed E-state index contributed by atoms with van der Waals surface area (Å²) < 4.78 is 38.5. The highest BCUT2D eigenvalue weighted by Gasteiger charge is 2.44. The number of hydrogen-bond donors (Lipinski definition) is 3. The molecule has 9 unspecified atom stereocenters. The van der Waals surface area contributed by atoms with Crippen LogP contribution in [0.15, 0.2) is 134 Å². The van der Waals surface area contributed by atoms with Crippen LogP contribution in [0.4, 0.5) is 4.39 Å². The van der Waals surface area contributed by atoms with Crippen molar-refractivity contribution >= 4 is 29.1 Å². The van der Waals surface area contributed by atoms with Crippen LogP contribution >= 0.6 is 11.8 Å². The van der Waals surface area contributed by atoms with Gasteiger partial charge >= 0.3 is 0 Å². The number of halogens is 1. The number of allylic oxidation sites excluding steroid dienone is 15. The molecule has 1 aromatic rings. The minimum atomic E-state index is -0.852. The van der Waals surface area contributed by atoms with Gasteiger partial charge < -0.3 is 39.0 Å². The molecule has 0 amide bonds. The van der Waals surface area contributed by atoms with Crippen molar-refractivity contribution < 1.29 is 57.8 Å². The van der Waals surface area contributed by atoms with Gasteiger partial charge in [-0.05, 0) is 130 Å². The molecule has 0 saturated heterocycles. The van der Waals surface area contributed by atoms with Crippen LogP contribution in [-0.4, -0.2) is 99.5 Å². The van der Waals surface area contributed by atoms with Gasteiger partial charge in [-0.3, -0.25) is 14.4 Å². The van der Waals surface area contributed by atoms with Gasteiger partial charge in [0.1, 0.15) is 30.7 Å². The Labute approximate surface area is 472 Å². The summed E-state index contributed by atoms with van der Waals surface area (Å²) in [7, 11) is 7.28. The molecule has 13 heteroatoms. The summed E-state index contributed by atoms with van der Waals surface area (Å²) >= 11 is 1.36. The standard InChI is InChI=1S/C25H34O4.C24H37FO4.C16H26O3S/c1-17(10-9-11-18(2)16-20-12-7-6-8-13-20)14-15-21-19(3)22(26)24(28-4)25(29-5)23(21)27;1-16(10-8-12-18(3)15-25)9-7-11-17(2)13-14-20-19(4)21(26)23(28-5)24(29-6)22(20)27;1-6-7-10(2)8-9-12-11(3)13(17)16(20-5)15(19-4)14(12)18/h6-8,11-14,19,21,23,27H,9-10,15-16H2,1-5H3;9,12-13,19-20,22,27H,7-8,10-11,14-15H2,1-6H3;8,11-12,14,18H,6-7,9H2,1-5H3/b17-14+,18-11+;16-9+,17-13+,18-12+;10-8+. The second-order valence-corrected chi connectivity index (χ2v) is 22.1. The second kappa shape index (κ2) is 36.3. The zero-order valence-electron chi connectivity index (χ0n) is 50.1. The molecule has 3 aliphatic rings. The molecule has 0 saturated carbocycles. The van der Waals surface area contributed by atoms with Crippen molar-refractivity contribution in [3.8, 4) is 0 Å². The molecular formula is C65H97FO11S. The Morgan fingerprint density at radius 1 is 0.513 bits per heavy atom. The van der Waals surface area contributed by atoms with Gasteiger partial charge in [0.05, 0.1) is 40.5 Å². The summed E-state index contributed by atoms with van der Waals surface area (Å²) in [5.74, 6) is -0.307. The fourth-order valence-electron chi connectivity index (χ4n) is 10.1. The third-order valence-electron chi connectivity index (χ3n) is 15.3. The first kappa shape index (κ1) is 69.2. The third kappa shape index (κ3) is 20.9. The number of carbonyl (C=O) groups excluding carboxylic acids is 3. The number of benzene rings is 1. The van der Waals surface area contributed by atoms with Gasteiger partial charge in [-0.25, -0.2) is 4.39 Å². The molecule has 0 heterocycles. The first-order chi connectivity index (χ1) is 37.1. The summed E-state index contributed by atoms with van der Waals surface area (Å²) in [6.07, 6.45) is 23.1. The molecule has 0 bridgehead atoms. The molecule has 4 rings (SSSR count). The molecule has 3 aliphatic carbocycles. The number of thioether (sulfide) groups is 1. The van der Waals surface area contributed by atoms with E-state index in [1.807, 2.05) is 46.1 Å². The van der Waals surface area contributed by atoms with Crippen LogP contribution in [0.25, 0.3) is 0 Å². The molecule has 436 valence electrons. The van der Waals surface area contributed by atoms with E-state index in [-0.39, 0.29) is 82.6 Å². The van der Waals surface area contributed by atoms with Gasteiger partial charge in [0.15, 0.2) is 17.3 Å². The zero-order valence-corrected chi connectivity index (χ0v) is 50.9. The number of hydrogen-bond acceptors (Lipinski definition) is 12. The molecule has 0 fully saturated rings. The molecule has 0 aromatic heterocycles. The van der Waals surface area contributed by atoms with Crippen molar-refractivity contribution in [1.29, 1.82) is 0 Å². The maximum atomic E-state index is 12.5. The van der Waals surface area contributed by atoms with E-state index in [1.54, 1.807) is 0 Å². The Bertz CT molecular complexity index is 2370. The summed E-state index contributed by atoms with van der Waals surface area (Å²) in [6, 6.07) is 10.5. The van der Waals surface area contributed by atoms with Crippen LogP contribution in [0.3, 0.4) is 0 Å². The van der Waals surface area contributed by atoms with Gasteiger partial charge in [-0.2, -0.15) is 0 Å². The molecule has 9 atom stereocenters. The van der Waals surface area contributed by atoms with Gasteiger partial charge in [0.25, 0.3) is 0 Å². The van der Waals surface area contributed by atoms with Crippen LogP contribution in [0.2, 0.25) is 0 Å². The van der Waals surface area contributed by atoms with E-state index in [9.17, 15) is 34.1 Å². The Morgan fingerprint density at radius 3 is 1.24 bits per heavy atom. The number of carbonyl (C=O) groups is 3. The van der Waals surface area contributed by atoms with Crippen molar-refractivity contribution in [2.75, 3.05) is 48.5 Å². The molecular weight excluding hydrogens is 1010 g/mol. The van der Waals surface area contributed by atoms with Gasteiger partial charge in [0.2, 0.25) is 23.1 Å². The van der Waals surface area contributed by atoms with Crippen LogP contribution in [0.1, 0.15) is 145 Å². The molecule has 11 nitrogen and oxygen atoms in total. The maximum absolute atomic E-state index is 12.5. The van der Waals surface area contributed by atoms with Crippen molar-refractivity contribution in [1.82, 2.24) is 0 Å². The third-order valence-corrected chi connectivity index (χ3v) is 16.1. The van der Waals surface area contributed by atoms with Crippen LogP contribution in [-0.2, 0) is 44.5 Å². The van der Waals surface area contributed by atoms with E-state index in [0.717, 1.165) is 63.4 Å². The van der Waals surface area contributed by atoms with E-state index >= 15 is 0 Å². The fraction of sp³-hybridized carbons (Fsp3) is 0.585. The highest BCUT2D eigenvalue weighted by Crippen LogP contribution is 2.40. The van der Waals surface area contributed by atoms with Gasteiger partial charge in [0, 0.05) is 35.5 Å². The number of Topliss-reactive ketones (excluding diaryl/α,β-unsaturated/α-hetero) is 3. The minimum Gasteiger partial charge on any atom is -0.497 e. The predicted molar refractivity (Wildman–Crippen MR) is 316 cm³/mol. The Hall–Kier alpha value is -4.95. The second-order valence-electron chi connectivity index (χ2n) is 21.3. The van der Waals surface area contributed by atoms with E-state index in [0.29, 0.717) is 29.9 Å². The molecule has 0 aliphatic heterocycles. The van der Waals surface area contributed by atoms with Crippen LogP contribution < -0.4 is 0 Å². The highest BCUT2D eigenvalue weighted by molar-refractivity contribution is 8.03. The molecule has 0 spiro atoms. The number of ether oxygens (including phenoxy) is 5. The summed E-state index contributed by atoms with van der Waals surface area (Å²) in [5, 5.41) is 31.8. The first-order valence-corrected chi connectivity index (χ1v) is 29.0. The number of ketones is 3. The number of aliphatic hydroxyl groups excluding tert-OH is 3. The number of aliphatic hydroxyl groups is 3. The number of rotatable bonds is 26. The largest absolute Gasteiger partial charge is 0.497 e. The SMILES string of the molecule is CCC/C(C)=C/CC1C(C)C(=O)C(SC)=C(OC)C1O.COC1=C(OC)C(O)C(C/C=C(\C)CC/C=C(\C)CC/C=C(\C)CF)C(C)C1=O.COC1=C(OC)C(O)C(C/C=C(\C)CC/C=C(\C)Cc2ccccc2)C(C)C1=O. The van der Waals surface area contributed by atoms with E-state index in [4.69, 9.17) is 23.7 Å². The monoisotopic (exact) mass is 1100 g/mol. The first-order valence-electron chi connectivity index (χ1n) is 27.8. The smallest absolute Gasteiger partial charge is 0.204 e. The molecule has 3 N–H and O–H groups in total. The molecule has 78 heavy (non-hydrogen) atoms. The van der Waals surface area contributed by atoms with Crippen LogP contribution in [0, 0.1) is 35.5 Å². The van der Waals surface area contributed by atoms with Crippen molar-refractivity contribution in [2.24, 2.45) is 35.5 Å². The maximum Gasteiger partial charge on any atom is 0.204 e. The lowest BCUT2D eigenvalue weighted by molar-refractivity contribution is -0.128. The summed E-state index contributed by atoms with van der Waals surface area (Å²) in [6.45, 7) is 19.7. The lowest BCUT2D eigenvalue weighted by Gasteiger charge is -2.34. The van der Waals surface area contributed by atoms with E-state index in [1.165, 1.54) is 80.7 Å². The van der Waals surface area contributed by atoms with Crippen molar-refractivity contribution in [3.05, 3.63) is 139 Å². The van der Waals surface area contributed by atoms with E-state index in [2.05, 4.69) is 96.2 Å². The highest BCUT2D eigenvalue weighted by atomic mass is 32.2. The van der Waals surface area contributed by atoms with Crippen LogP contribution in [0.5, 0.6) is 0 Å². The average molecular weight is 1110 g/mol. The fourth-order valence-corrected chi connectivity index (χ4v) is 10.9. The van der Waals surface area contributed by atoms with Gasteiger partial charge in [-0.1, -0.05) is 129 Å². The summed E-state index contributed by atoms with van der Waals surface area (Å²) in [5.41, 5.74) is 8.61. The Kier molecular flexibility index (Phi) is 32.2. The van der Waals surface area contributed by atoms with Gasteiger partial charge in [-0.15, -0.1) is 11.8 Å². The Morgan fingerprint density at radius 2 is 0.872 bits per heavy atom. The quantitative estimate of drug-likeness (QED) is 0.0755. The average Bonchev–Trinajstić information content (AvgIpc) is 3.43. The normalized spacial score (nSPS) is 24.9. The zero-order chi connectivity index (χ0) is 58.6. The Balaban J connectivity index is 0.000000408. The lowest BCUT2D eigenvalue weighted by Crippen LogP contribution is -2.40. The van der Waals surface area contributed by atoms with E-state index < -0.39 is 18.3 Å².